The second kappa shape index (κ2) is 12.7. The van der Waals surface area contributed by atoms with Crippen molar-refractivity contribution in [3.63, 3.8) is 0 Å². The van der Waals surface area contributed by atoms with Gasteiger partial charge in [-0.3, -0.25) is 0 Å². The van der Waals surface area contributed by atoms with E-state index in [1.807, 2.05) is 30.3 Å². The van der Waals surface area contributed by atoms with Crippen molar-refractivity contribution in [2.45, 2.75) is 24.2 Å². The summed E-state index contributed by atoms with van der Waals surface area (Å²) in [5, 5.41) is 2.83. The Kier molecular flexibility index (Phi) is 9.59. The third-order valence-corrected chi connectivity index (χ3v) is 6.62. The van der Waals surface area contributed by atoms with Crippen LogP contribution in [-0.2, 0) is 34.1 Å². The van der Waals surface area contributed by atoms with Crippen LogP contribution in [0.2, 0.25) is 0 Å². The van der Waals surface area contributed by atoms with Crippen LogP contribution in [0.15, 0.2) is 77.7 Å². The molecule has 0 aromatic heterocycles. The quantitative estimate of drug-likeness (QED) is 0.342. The van der Waals surface area contributed by atoms with Gasteiger partial charge in [-0.1, -0.05) is 42.5 Å². The molecular weight excluding hydrogens is 525 g/mol. The van der Waals surface area contributed by atoms with Gasteiger partial charge in [-0.25, -0.2) is 4.79 Å². The third kappa shape index (κ3) is 7.86. The van der Waals surface area contributed by atoms with Crippen LogP contribution in [0.3, 0.4) is 0 Å². The minimum absolute atomic E-state index is 0.0428. The van der Waals surface area contributed by atoms with Crippen LogP contribution in [0.1, 0.15) is 16.7 Å². The maximum Gasteiger partial charge on any atom is 0.416 e. The fourth-order valence-corrected chi connectivity index (χ4v) is 4.42. The van der Waals surface area contributed by atoms with Gasteiger partial charge in [0.15, 0.2) is 11.5 Å². The molecule has 38 heavy (non-hydrogen) atoms. The smallest absolute Gasteiger partial charge is 0.416 e. The Hall–Kier alpha value is -3.77. The second-order valence-corrected chi connectivity index (χ2v) is 9.65. The van der Waals surface area contributed by atoms with E-state index in [9.17, 15) is 26.4 Å². The number of hydrogen-bond acceptors (Lipinski definition) is 6. The molecule has 1 N–H and O–H groups in total. The van der Waals surface area contributed by atoms with E-state index in [0.717, 1.165) is 23.8 Å². The van der Waals surface area contributed by atoms with E-state index in [-0.39, 0.29) is 37.2 Å². The monoisotopic (exact) mass is 552 g/mol. The van der Waals surface area contributed by atoms with Crippen LogP contribution in [-0.4, -0.2) is 46.7 Å². The molecule has 0 bridgehead atoms. The van der Waals surface area contributed by atoms with E-state index in [4.69, 9.17) is 13.7 Å². The number of ether oxygens (including phenoxy) is 2. The minimum atomic E-state index is -4.73. The van der Waals surface area contributed by atoms with Gasteiger partial charge in [0.2, 0.25) is 0 Å². The summed E-state index contributed by atoms with van der Waals surface area (Å²) in [7, 11) is -1.85. The number of nitrogens with one attached hydrogen (secondary N) is 1. The average Bonchev–Trinajstić information content (AvgIpc) is 2.90. The maximum atomic E-state index is 13.1. The Balaban J connectivity index is 1.82. The topological polar surface area (TPSA) is 94.2 Å². The van der Waals surface area contributed by atoms with E-state index < -0.39 is 26.8 Å². The van der Waals surface area contributed by atoms with Gasteiger partial charge in [-0.05, 0) is 41.5 Å². The zero-order valence-corrected chi connectivity index (χ0v) is 21.5. The molecular formula is C26H27F3N2O6S. The van der Waals surface area contributed by atoms with Crippen molar-refractivity contribution < 1.29 is 40.0 Å². The summed E-state index contributed by atoms with van der Waals surface area (Å²) in [6.07, 6.45) is -4.73. The van der Waals surface area contributed by atoms with Crippen molar-refractivity contribution in [2.24, 2.45) is 0 Å². The van der Waals surface area contributed by atoms with E-state index in [2.05, 4.69) is 5.32 Å². The largest absolute Gasteiger partial charge is 0.493 e. The molecule has 0 fully saturated rings. The Morgan fingerprint density at radius 2 is 1.66 bits per heavy atom. The summed E-state index contributed by atoms with van der Waals surface area (Å²) in [4.78, 5) is 13.7. The normalized spacial score (nSPS) is 11.6. The zero-order chi connectivity index (χ0) is 27.8. The van der Waals surface area contributed by atoms with Crippen LogP contribution in [0.4, 0.5) is 18.0 Å². The predicted molar refractivity (Wildman–Crippen MR) is 133 cm³/mol. The van der Waals surface area contributed by atoms with Gasteiger partial charge in [0, 0.05) is 26.7 Å². The number of rotatable bonds is 11. The lowest BCUT2D eigenvalue weighted by Gasteiger charge is -2.23. The maximum absolute atomic E-state index is 13.1. The molecule has 0 atom stereocenters. The first-order valence-corrected chi connectivity index (χ1v) is 12.8. The van der Waals surface area contributed by atoms with Crippen molar-refractivity contribution in [1.82, 2.24) is 10.2 Å². The lowest BCUT2D eigenvalue weighted by atomic mass is 10.2. The number of hydrogen-bond donors (Lipinski definition) is 1. The fourth-order valence-electron chi connectivity index (χ4n) is 3.44. The number of halogens is 3. The van der Waals surface area contributed by atoms with Crippen molar-refractivity contribution in [1.29, 1.82) is 0 Å². The molecule has 2 amide bonds. The lowest BCUT2D eigenvalue weighted by molar-refractivity contribution is -0.137. The van der Waals surface area contributed by atoms with Crippen molar-refractivity contribution in [3.05, 3.63) is 89.5 Å². The number of urea groups is 1. The summed E-state index contributed by atoms with van der Waals surface area (Å²) in [6, 6.07) is 16.6. The van der Waals surface area contributed by atoms with Crippen LogP contribution < -0.4 is 14.2 Å². The van der Waals surface area contributed by atoms with Gasteiger partial charge in [0.25, 0.3) is 0 Å². The lowest BCUT2D eigenvalue weighted by Crippen LogP contribution is -2.40. The standard InChI is InChI=1S/C26H27F3N2O6S/c1-35-14-13-31(25(32)30-17-19-7-4-3-5-8-19)18-20-11-12-23(36-2)24(15-20)37-38(33,34)22-10-6-9-21(16-22)26(27,28)29/h3-12,15-16H,13-14,17-18H2,1-2H3,(H,30,32). The van der Waals surface area contributed by atoms with E-state index in [1.165, 1.54) is 31.3 Å². The molecule has 0 aliphatic carbocycles. The van der Waals surface area contributed by atoms with E-state index in [0.29, 0.717) is 18.2 Å². The molecule has 0 radical (unpaired) electrons. The van der Waals surface area contributed by atoms with Gasteiger partial charge in [0.1, 0.15) is 4.90 Å². The molecule has 0 spiro atoms. The molecule has 204 valence electrons. The second-order valence-electron chi connectivity index (χ2n) is 8.11. The number of benzene rings is 3. The Bertz CT molecular complexity index is 1330. The molecule has 0 saturated heterocycles. The highest BCUT2D eigenvalue weighted by atomic mass is 32.2. The van der Waals surface area contributed by atoms with Crippen LogP contribution >= 0.6 is 0 Å². The molecule has 8 nitrogen and oxygen atoms in total. The molecule has 0 unspecified atom stereocenters. The molecule has 0 saturated carbocycles. The number of methoxy groups -OCH3 is 2. The van der Waals surface area contributed by atoms with Gasteiger partial charge in [-0.15, -0.1) is 0 Å². The fraction of sp³-hybridized carbons (Fsp3) is 0.269. The number of alkyl halides is 3. The molecule has 12 heteroatoms. The van der Waals surface area contributed by atoms with Gasteiger partial charge in [0.05, 0.1) is 19.3 Å². The van der Waals surface area contributed by atoms with Crippen molar-refractivity contribution in [2.75, 3.05) is 27.4 Å². The molecule has 3 aromatic carbocycles. The van der Waals surface area contributed by atoms with E-state index in [1.54, 1.807) is 6.07 Å². The molecule has 0 aliphatic rings. The highest BCUT2D eigenvalue weighted by Gasteiger charge is 2.32. The number of amides is 2. The van der Waals surface area contributed by atoms with E-state index >= 15 is 0 Å². The van der Waals surface area contributed by atoms with Gasteiger partial charge >= 0.3 is 22.3 Å². The first-order chi connectivity index (χ1) is 18.0. The van der Waals surface area contributed by atoms with Crippen molar-refractivity contribution >= 4 is 16.1 Å². The van der Waals surface area contributed by atoms with Crippen LogP contribution in [0.5, 0.6) is 11.5 Å². The van der Waals surface area contributed by atoms with Gasteiger partial charge in [-0.2, -0.15) is 21.6 Å². The highest BCUT2D eigenvalue weighted by molar-refractivity contribution is 7.87. The molecule has 0 aliphatic heterocycles. The van der Waals surface area contributed by atoms with Crippen LogP contribution in [0.25, 0.3) is 0 Å². The number of carbonyl (C=O) groups is 1. The summed E-state index contributed by atoms with van der Waals surface area (Å²) in [6.45, 7) is 0.855. The first-order valence-electron chi connectivity index (χ1n) is 11.4. The summed E-state index contributed by atoms with van der Waals surface area (Å²) in [5.74, 6) is -0.194. The highest BCUT2D eigenvalue weighted by Crippen LogP contribution is 2.34. The van der Waals surface area contributed by atoms with Gasteiger partial charge < -0.3 is 23.9 Å². The zero-order valence-electron chi connectivity index (χ0n) is 20.7. The predicted octanol–water partition coefficient (Wildman–Crippen LogP) is 4.84. The third-order valence-electron chi connectivity index (χ3n) is 5.39. The van der Waals surface area contributed by atoms with Crippen LogP contribution in [0, 0.1) is 0 Å². The molecule has 3 aromatic rings. The Morgan fingerprint density at radius 1 is 0.921 bits per heavy atom. The average molecular weight is 553 g/mol. The Labute approximate surface area is 219 Å². The Morgan fingerprint density at radius 3 is 2.32 bits per heavy atom. The summed E-state index contributed by atoms with van der Waals surface area (Å²) < 4.78 is 80.3. The summed E-state index contributed by atoms with van der Waals surface area (Å²) in [5.41, 5.74) is 0.275. The number of carbonyl (C=O) groups excluding carboxylic acids is 1. The number of nitrogens with zero attached hydrogens (tertiary/aromatic N) is 1. The molecule has 0 heterocycles. The van der Waals surface area contributed by atoms with Crippen molar-refractivity contribution in [3.8, 4) is 11.5 Å². The minimum Gasteiger partial charge on any atom is -0.493 e. The summed E-state index contributed by atoms with van der Waals surface area (Å²) >= 11 is 0. The first kappa shape index (κ1) is 28.8. The SMILES string of the molecule is COCCN(Cc1ccc(OC)c(OS(=O)(=O)c2cccc(C(F)(F)F)c2)c1)C(=O)NCc1ccccc1. The molecule has 3 rings (SSSR count).